The number of rotatable bonds is 2. The van der Waals surface area contributed by atoms with Crippen LogP contribution in [0, 0.1) is 0 Å². The monoisotopic (exact) mass is 218 g/mol. The Morgan fingerprint density at radius 1 is 1.50 bits per heavy atom. The van der Waals surface area contributed by atoms with Crippen molar-refractivity contribution in [3.05, 3.63) is 17.5 Å². The normalized spacial score (nSPS) is 10.4. The van der Waals surface area contributed by atoms with Gasteiger partial charge in [0.15, 0.2) is 15.3 Å². The maximum absolute atomic E-state index is 5.73. The number of hydrogen-bond donors (Lipinski definition) is 1. The molecule has 0 fully saturated rings. The van der Waals surface area contributed by atoms with Gasteiger partial charge < -0.3 is 4.98 Å². The Hall–Kier alpha value is -0.590. The van der Waals surface area contributed by atoms with Gasteiger partial charge in [-0.2, -0.15) is 8.75 Å². The summed E-state index contributed by atoms with van der Waals surface area (Å²) in [5.74, 6) is 0. The van der Waals surface area contributed by atoms with Crippen LogP contribution in [0.2, 0.25) is 5.15 Å². The van der Waals surface area contributed by atoms with Crippen LogP contribution < -0.4 is 0 Å². The van der Waals surface area contributed by atoms with E-state index in [1.54, 1.807) is 12.4 Å². The van der Waals surface area contributed by atoms with E-state index >= 15 is 0 Å². The molecule has 2 aromatic rings. The highest BCUT2D eigenvalue weighted by Crippen LogP contribution is 2.28. The van der Waals surface area contributed by atoms with Crippen LogP contribution in [-0.2, 0) is 0 Å². The summed E-state index contributed by atoms with van der Waals surface area (Å²) in [5, 5.41) is 1.89. The van der Waals surface area contributed by atoms with Crippen LogP contribution in [0.25, 0.3) is 0 Å². The largest absolute Gasteiger partial charge is 0.339 e. The van der Waals surface area contributed by atoms with Crippen LogP contribution in [0.5, 0.6) is 0 Å². The van der Waals surface area contributed by atoms with Crippen molar-refractivity contribution in [3.63, 3.8) is 0 Å². The Morgan fingerprint density at radius 2 is 2.42 bits per heavy atom. The zero-order chi connectivity index (χ0) is 8.39. The molecule has 1 N–H and O–H groups in total. The number of imidazole rings is 1. The first-order chi connectivity index (χ1) is 5.86. The van der Waals surface area contributed by atoms with Crippen LogP contribution in [0.1, 0.15) is 0 Å². The molecule has 0 unspecified atom stereocenters. The van der Waals surface area contributed by atoms with Crippen molar-refractivity contribution < 1.29 is 0 Å². The van der Waals surface area contributed by atoms with E-state index in [-0.39, 0.29) is 0 Å². The van der Waals surface area contributed by atoms with Gasteiger partial charge in [0.2, 0.25) is 0 Å². The lowest BCUT2D eigenvalue weighted by Gasteiger charge is -1.89. The minimum Gasteiger partial charge on any atom is -0.339 e. The Labute approximate surface area is 81.7 Å². The molecule has 2 heterocycles. The zero-order valence-electron chi connectivity index (χ0n) is 5.69. The third-order valence-electron chi connectivity index (χ3n) is 1.09. The summed E-state index contributed by atoms with van der Waals surface area (Å²) in [6.07, 6.45) is 3.42. The predicted octanol–water partition coefficient (Wildman–Crippen LogP) is 2.07. The fraction of sp³-hybridized carbons (Fsp3) is 0. The smallest absolute Gasteiger partial charge is 0.177 e. The van der Waals surface area contributed by atoms with E-state index in [1.807, 2.05) is 0 Å². The van der Waals surface area contributed by atoms with Crippen LogP contribution in [0.3, 0.4) is 0 Å². The molecule has 0 saturated heterocycles. The van der Waals surface area contributed by atoms with Gasteiger partial charge in [0.25, 0.3) is 0 Å². The number of aromatic amines is 1. The second kappa shape index (κ2) is 3.42. The second-order valence-corrected chi connectivity index (χ2v) is 3.72. The van der Waals surface area contributed by atoms with Gasteiger partial charge in [-0.15, -0.1) is 0 Å². The molecule has 0 aliphatic carbocycles. The van der Waals surface area contributed by atoms with E-state index in [0.717, 1.165) is 16.9 Å². The van der Waals surface area contributed by atoms with Gasteiger partial charge >= 0.3 is 0 Å². The molecular weight excluding hydrogens is 216 g/mol. The lowest BCUT2D eigenvalue weighted by molar-refractivity contribution is 1.05. The molecule has 0 spiro atoms. The van der Waals surface area contributed by atoms with Gasteiger partial charge in [-0.05, 0) is 11.8 Å². The van der Waals surface area contributed by atoms with E-state index in [9.17, 15) is 0 Å². The van der Waals surface area contributed by atoms with Crippen LogP contribution in [0.4, 0.5) is 0 Å². The molecule has 0 radical (unpaired) electrons. The zero-order valence-corrected chi connectivity index (χ0v) is 8.08. The van der Waals surface area contributed by atoms with E-state index in [4.69, 9.17) is 11.6 Å². The summed E-state index contributed by atoms with van der Waals surface area (Å²) < 4.78 is 7.82. The van der Waals surface area contributed by atoms with Crippen molar-refractivity contribution in [1.29, 1.82) is 0 Å². The molecule has 0 aromatic carbocycles. The van der Waals surface area contributed by atoms with Gasteiger partial charge in [-0.1, -0.05) is 11.6 Å². The van der Waals surface area contributed by atoms with E-state index in [0.29, 0.717) is 10.2 Å². The van der Waals surface area contributed by atoms with Gasteiger partial charge in [-0.25, -0.2) is 4.98 Å². The molecule has 7 heteroatoms. The number of aromatic nitrogens is 4. The molecule has 0 bridgehead atoms. The summed E-state index contributed by atoms with van der Waals surface area (Å²) in [6.45, 7) is 0. The lowest BCUT2D eigenvalue weighted by atomic mass is 10.9. The highest BCUT2D eigenvalue weighted by atomic mass is 35.5. The fourth-order valence-corrected chi connectivity index (χ4v) is 2.15. The lowest BCUT2D eigenvalue weighted by Crippen LogP contribution is -1.75. The SMILES string of the molecule is Clc1nsnc1Sc1ncc[nH]1. The minimum absolute atomic E-state index is 0.432. The number of halogens is 1. The van der Waals surface area contributed by atoms with E-state index in [2.05, 4.69) is 18.7 Å². The number of nitrogens with one attached hydrogen (secondary N) is 1. The highest BCUT2D eigenvalue weighted by Gasteiger charge is 2.07. The van der Waals surface area contributed by atoms with Crippen molar-refractivity contribution in [3.8, 4) is 0 Å². The summed E-state index contributed by atoms with van der Waals surface area (Å²) in [7, 11) is 0. The Kier molecular flexibility index (Phi) is 2.29. The molecule has 0 saturated carbocycles. The first kappa shape index (κ1) is 8.03. The standard InChI is InChI=1S/C5H3ClN4S2/c6-3-4(10-12-9-3)11-5-7-1-2-8-5/h1-2H,(H,7,8). The first-order valence-corrected chi connectivity index (χ1v) is 4.94. The highest BCUT2D eigenvalue weighted by molar-refractivity contribution is 7.99. The van der Waals surface area contributed by atoms with Crippen molar-refractivity contribution in [2.75, 3.05) is 0 Å². The van der Waals surface area contributed by atoms with Crippen molar-refractivity contribution in [2.45, 2.75) is 10.2 Å². The predicted molar refractivity (Wildman–Crippen MR) is 47.6 cm³/mol. The Morgan fingerprint density at radius 3 is 3.00 bits per heavy atom. The third-order valence-corrected chi connectivity index (χ3v) is 3.10. The molecule has 62 valence electrons. The van der Waals surface area contributed by atoms with Crippen LogP contribution in [-0.4, -0.2) is 18.7 Å². The number of hydrogen-bond acceptors (Lipinski definition) is 5. The number of nitrogens with zero attached hydrogens (tertiary/aromatic N) is 3. The van der Waals surface area contributed by atoms with Gasteiger partial charge in [0.1, 0.15) is 0 Å². The molecule has 4 nitrogen and oxygen atoms in total. The molecule has 0 aliphatic rings. The van der Waals surface area contributed by atoms with Gasteiger partial charge in [0, 0.05) is 12.4 Å². The van der Waals surface area contributed by atoms with Crippen LogP contribution >= 0.6 is 35.1 Å². The summed E-state index contributed by atoms with van der Waals surface area (Å²) in [6, 6.07) is 0. The van der Waals surface area contributed by atoms with Crippen LogP contribution in [0.15, 0.2) is 22.6 Å². The van der Waals surface area contributed by atoms with Crippen molar-refractivity contribution in [1.82, 2.24) is 18.7 Å². The number of H-pyrrole nitrogens is 1. The summed E-state index contributed by atoms with van der Waals surface area (Å²) >= 11 is 8.19. The molecular formula is C5H3ClN4S2. The maximum Gasteiger partial charge on any atom is 0.177 e. The Bertz CT molecular complexity index is 357. The summed E-state index contributed by atoms with van der Waals surface area (Å²) in [4.78, 5) is 6.95. The topological polar surface area (TPSA) is 54.5 Å². The quantitative estimate of drug-likeness (QED) is 0.839. The molecule has 12 heavy (non-hydrogen) atoms. The second-order valence-electron chi connectivity index (χ2n) is 1.86. The first-order valence-electron chi connectivity index (χ1n) is 3.01. The minimum atomic E-state index is 0.432. The fourth-order valence-electron chi connectivity index (χ4n) is 0.629. The Balaban J connectivity index is 2.20. The molecule has 0 aliphatic heterocycles. The average molecular weight is 219 g/mol. The van der Waals surface area contributed by atoms with E-state index < -0.39 is 0 Å². The molecule has 2 rings (SSSR count). The molecule has 0 amide bonds. The summed E-state index contributed by atoms with van der Waals surface area (Å²) in [5.41, 5.74) is 0. The van der Waals surface area contributed by atoms with Gasteiger partial charge in [0.05, 0.1) is 11.7 Å². The molecule has 0 atom stereocenters. The maximum atomic E-state index is 5.73. The average Bonchev–Trinajstić information content (AvgIpc) is 2.65. The third kappa shape index (κ3) is 1.60. The molecule has 2 aromatic heterocycles. The van der Waals surface area contributed by atoms with Crippen molar-refractivity contribution >= 4 is 35.1 Å². The van der Waals surface area contributed by atoms with Gasteiger partial charge in [-0.3, -0.25) is 0 Å². The van der Waals surface area contributed by atoms with Crippen molar-refractivity contribution in [2.24, 2.45) is 0 Å². The van der Waals surface area contributed by atoms with E-state index in [1.165, 1.54) is 11.8 Å².